The van der Waals surface area contributed by atoms with Crippen LogP contribution in [0.15, 0.2) is 59.5 Å². The third kappa shape index (κ3) is 4.99. The first kappa shape index (κ1) is 17.8. The van der Waals surface area contributed by atoms with Crippen LogP contribution in [0, 0.1) is 0 Å². The molecule has 1 amide bonds. The van der Waals surface area contributed by atoms with E-state index >= 15 is 0 Å². The summed E-state index contributed by atoms with van der Waals surface area (Å²) in [6, 6.07) is 14.5. The summed E-state index contributed by atoms with van der Waals surface area (Å²) < 4.78 is 32.5. The van der Waals surface area contributed by atoms with Gasteiger partial charge in [0.05, 0.1) is 16.3 Å². The summed E-state index contributed by atoms with van der Waals surface area (Å²) in [5.74, 6) is 0. The summed E-state index contributed by atoms with van der Waals surface area (Å²) in [5, 5.41) is 2.55. The van der Waals surface area contributed by atoms with E-state index in [0.717, 1.165) is 0 Å². The van der Waals surface area contributed by atoms with Gasteiger partial charge < -0.3 is 4.74 Å². The number of rotatable bonds is 4. The second-order valence-electron chi connectivity index (χ2n) is 6.09. The summed E-state index contributed by atoms with van der Waals surface area (Å²) in [5.41, 5.74) is -0.0822. The normalized spacial score (nSPS) is 11.6. The van der Waals surface area contributed by atoms with E-state index in [1.807, 2.05) is 0 Å². The number of nitrogens with one attached hydrogen (secondary N) is 2. The highest BCUT2D eigenvalue weighted by atomic mass is 32.2. The minimum Gasteiger partial charge on any atom is -0.444 e. The van der Waals surface area contributed by atoms with Gasteiger partial charge in [-0.2, -0.15) is 0 Å². The molecule has 0 aliphatic carbocycles. The minimum atomic E-state index is -3.75. The van der Waals surface area contributed by atoms with Crippen molar-refractivity contribution in [3.63, 3.8) is 0 Å². The Morgan fingerprint density at radius 1 is 0.917 bits per heavy atom. The van der Waals surface area contributed by atoms with Crippen LogP contribution in [0.3, 0.4) is 0 Å². The minimum absolute atomic E-state index is 0.136. The second kappa shape index (κ2) is 6.92. The van der Waals surface area contributed by atoms with Gasteiger partial charge in [0.2, 0.25) is 0 Å². The Labute approximate surface area is 141 Å². The lowest BCUT2D eigenvalue weighted by Crippen LogP contribution is -2.27. The summed E-state index contributed by atoms with van der Waals surface area (Å²) >= 11 is 0. The summed E-state index contributed by atoms with van der Waals surface area (Å²) in [6.07, 6.45) is -0.658. The molecule has 2 rings (SSSR count). The molecule has 0 atom stereocenters. The number of hydrogen-bond acceptors (Lipinski definition) is 4. The second-order valence-corrected chi connectivity index (χ2v) is 7.77. The van der Waals surface area contributed by atoms with Gasteiger partial charge in [-0.1, -0.05) is 30.3 Å². The molecule has 0 bridgehead atoms. The van der Waals surface area contributed by atoms with Crippen LogP contribution in [-0.4, -0.2) is 20.1 Å². The van der Waals surface area contributed by atoms with E-state index in [1.54, 1.807) is 63.2 Å². The van der Waals surface area contributed by atoms with Gasteiger partial charge in [-0.25, -0.2) is 13.2 Å². The molecular weight excluding hydrogens is 328 g/mol. The molecule has 128 valence electrons. The van der Waals surface area contributed by atoms with Gasteiger partial charge in [0.1, 0.15) is 5.60 Å². The predicted octanol–water partition coefficient (Wildman–Crippen LogP) is 3.83. The molecule has 24 heavy (non-hydrogen) atoms. The fraction of sp³-hybridized carbons (Fsp3) is 0.235. The summed E-state index contributed by atoms with van der Waals surface area (Å²) in [4.78, 5) is 12.0. The van der Waals surface area contributed by atoms with Gasteiger partial charge in [-0.05, 0) is 45.0 Å². The molecule has 0 saturated carbocycles. The Hall–Kier alpha value is -2.54. The smallest absolute Gasteiger partial charge is 0.412 e. The van der Waals surface area contributed by atoms with Crippen molar-refractivity contribution in [1.82, 2.24) is 0 Å². The molecule has 0 unspecified atom stereocenters. The molecular formula is C17H20N2O4S. The number of carbonyl (C=O) groups excluding carboxylic acids is 1. The van der Waals surface area contributed by atoms with E-state index in [2.05, 4.69) is 10.0 Å². The van der Waals surface area contributed by atoms with Crippen LogP contribution >= 0.6 is 0 Å². The number of hydrogen-bond donors (Lipinski definition) is 2. The molecule has 0 aromatic heterocycles. The topological polar surface area (TPSA) is 84.5 Å². The zero-order chi connectivity index (χ0) is 17.8. The van der Waals surface area contributed by atoms with Crippen LogP contribution in [-0.2, 0) is 14.8 Å². The lowest BCUT2D eigenvalue weighted by atomic mass is 10.2. The maximum Gasteiger partial charge on any atom is 0.412 e. The molecule has 0 aliphatic heterocycles. The van der Waals surface area contributed by atoms with Crippen molar-refractivity contribution in [3.8, 4) is 0 Å². The molecule has 2 N–H and O–H groups in total. The molecule has 0 spiro atoms. The van der Waals surface area contributed by atoms with Gasteiger partial charge in [0, 0.05) is 0 Å². The zero-order valence-electron chi connectivity index (χ0n) is 13.7. The first-order chi connectivity index (χ1) is 11.2. The van der Waals surface area contributed by atoms with E-state index in [4.69, 9.17) is 4.74 Å². The number of amides is 1. The third-order valence-electron chi connectivity index (χ3n) is 2.86. The van der Waals surface area contributed by atoms with Crippen molar-refractivity contribution >= 4 is 27.5 Å². The predicted molar refractivity (Wildman–Crippen MR) is 93.5 cm³/mol. The average Bonchev–Trinajstić information content (AvgIpc) is 2.48. The number of sulfonamides is 1. The average molecular weight is 348 g/mol. The highest BCUT2D eigenvalue weighted by molar-refractivity contribution is 7.92. The van der Waals surface area contributed by atoms with Crippen molar-refractivity contribution in [2.75, 3.05) is 10.0 Å². The molecule has 7 heteroatoms. The Bertz CT molecular complexity index is 812. The van der Waals surface area contributed by atoms with Gasteiger partial charge >= 0.3 is 6.09 Å². The highest BCUT2D eigenvalue weighted by Crippen LogP contribution is 2.25. The fourth-order valence-electron chi connectivity index (χ4n) is 1.90. The Morgan fingerprint density at radius 3 is 2.04 bits per heavy atom. The van der Waals surface area contributed by atoms with Crippen LogP contribution in [0.1, 0.15) is 20.8 Å². The number of para-hydroxylation sites is 2. The highest BCUT2D eigenvalue weighted by Gasteiger charge is 2.19. The van der Waals surface area contributed by atoms with Gasteiger partial charge in [0.25, 0.3) is 10.0 Å². The maximum atomic E-state index is 12.4. The van der Waals surface area contributed by atoms with E-state index in [1.165, 1.54) is 12.1 Å². The fourth-order valence-corrected chi connectivity index (χ4v) is 3.00. The van der Waals surface area contributed by atoms with Crippen LogP contribution in [0.25, 0.3) is 0 Å². The van der Waals surface area contributed by atoms with Gasteiger partial charge in [-0.3, -0.25) is 10.0 Å². The monoisotopic (exact) mass is 348 g/mol. The quantitative estimate of drug-likeness (QED) is 0.879. The number of ether oxygens (including phenoxy) is 1. The maximum absolute atomic E-state index is 12.4. The van der Waals surface area contributed by atoms with E-state index in [9.17, 15) is 13.2 Å². The van der Waals surface area contributed by atoms with Crippen LogP contribution in [0.5, 0.6) is 0 Å². The first-order valence-electron chi connectivity index (χ1n) is 7.34. The lowest BCUT2D eigenvalue weighted by Gasteiger charge is -2.20. The van der Waals surface area contributed by atoms with Crippen molar-refractivity contribution in [2.45, 2.75) is 31.3 Å². The SMILES string of the molecule is CC(C)(C)OC(=O)Nc1ccccc1NS(=O)(=O)c1ccccc1. The summed E-state index contributed by atoms with van der Waals surface area (Å²) in [7, 11) is -3.75. The van der Waals surface area contributed by atoms with E-state index in [-0.39, 0.29) is 10.6 Å². The number of carbonyl (C=O) groups is 1. The first-order valence-corrected chi connectivity index (χ1v) is 8.83. The lowest BCUT2D eigenvalue weighted by molar-refractivity contribution is 0.0636. The third-order valence-corrected chi connectivity index (χ3v) is 4.24. The molecule has 0 radical (unpaired) electrons. The summed E-state index contributed by atoms with van der Waals surface area (Å²) in [6.45, 7) is 5.24. The van der Waals surface area contributed by atoms with E-state index < -0.39 is 21.7 Å². The molecule has 0 aliphatic rings. The Balaban J connectivity index is 2.22. The van der Waals surface area contributed by atoms with Crippen LogP contribution in [0.2, 0.25) is 0 Å². The molecule has 2 aromatic rings. The number of anilines is 2. The van der Waals surface area contributed by atoms with Gasteiger partial charge in [0.15, 0.2) is 0 Å². The van der Waals surface area contributed by atoms with Crippen LogP contribution in [0.4, 0.5) is 16.2 Å². The van der Waals surface area contributed by atoms with Crippen molar-refractivity contribution < 1.29 is 17.9 Å². The van der Waals surface area contributed by atoms with Crippen LogP contribution < -0.4 is 10.0 Å². The Morgan fingerprint density at radius 2 is 1.46 bits per heavy atom. The van der Waals surface area contributed by atoms with Crippen molar-refractivity contribution in [3.05, 3.63) is 54.6 Å². The molecule has 2 aromatic carbocycles. The van der Waals surface area contributed by atoms with Gasteiger partial charge in [-0.15, -0.1) is 0 Å². The van der Waals surface area contributed by atoms with Crippen molar-refractivity contribution in [2.24, 2.45) is 0 Å². The standard InChI is InChI=1S/C17H20N2O4S/c1-17(2,3)23-16(20)18-14-11-7-8-12-15(14)19-24(21,22)13-9-5-4-6-10-13/h4-12,19H,1-3H3,(H,18,20). The van der Waals surface area contributed by atoms with Crippen molar-refractivity contribution in [1.29, 1.82) is 0 Å². The Kier molecular flexibility index (Phi) is 5.14. The number of benzene rings is 2. The zero-order valence-corrected chi connectivity index (χ0v) is 14.6. The molecule has 0 saturated heterocycles. The van der Waals surface area contributed by atoms with E-state index in [0.29, 0.717) is 5.69 Å². The molecule has 0 heterocycles. The largest absolute Gasteiger partial charge is 0.444 e. The molecule has 0 fully saturated rings. The molecule has 6 nitrogen and oxygen atoms in total.